The average molecular weight is 224 g/mol. The molecule has 0 bridgehead atoms. The molecule has 88 valence electrons. The van der Waals surface area contributed by atoms with E-state index >= 15 is 0 Å². The van der Waals surface area contributed by atoms with Crippen molar-refractivity contribution < 1.29 is 4.92 Å². The largest absolute Gasteiger partial charge is 0.368 e. The van der Waals surface area contributed by atoms with E-state index in [2.05, 4.69) is 10.3 Å². The van der Waals surface area contributed by atoms with Crippen molar-refractivity contribution in [2.75, 3.05) is 11.9 Å². The Balaban J connectivity index is 2.72. The molecule has 0 aliphatic heterocycles. The molecule has 0 aliphatic carbocycles. The number of nitrogens with one attached hydrogen (secondary N) is 1. The van der Waals surface area contributed by atoms with E-state index in [1.807, 2.05) is 6.92 Å². The molecule has 0 spiro atoms. The second-order valence-corrected chi connectivity index (χ2v) is 3.67. The Labute approximate surface area is 94.0 Å². The van der Waals surface area contributed by atoms with Crippen molar-refractivity contribution in [3.8, 4) is 0 Å². The Morgan fingerprint density at radius 1 is 1.69 bits per heavy atom. The van der Waals surface area contributed by atoms with Crippen molar-refractivity contribution in [1.29, 1.82) is 0 Å². The van der Waals surface area contributed by atoms with Crippen molar-refractivity contribution >= 4 is 11.5 Å². The van der Waals surface area contributed by atoms with Crippen LogP contribution in [0, 0.1) is 17.0 Å². The molecule has 0 saturated carbocycles. The van der Waals surface area contributed by atoms with Crippen molar-refractivity contribution in [2.45, 2.75) is 26.3 Å². The molecule has 0 saturated heterocycles. The molecule has 0 aromatic carbocycles. The second kappa shape index (κ2) is 5.41. The van der Waals surface area contributed by atoms with E-state index in [0.717, 1.165) is 12.0 Å². The van der Waals surface area contributed by atoms with Crippen LogP contribution >= 0.6 is 0 Å². The monoisotopic (exact) mass is 224 g/mol. The third-order valence-electron chi connectivity index (χ3n) is 2.33. The highest BCUT2D eigenvalue weighted by atomic mass is 16.6. The van der Waals surface area contributed by atoms with Gasteiger partial charge >= 0.3 is 0 Å². The molecule has 1 heterocycles. The van der Waals surface area contributed by atoms with E-state index in [4.69, 9.17) is 5.73 Å². The number of anilines is 1. The average Bonchev–Trinajstić information content (AvgIpc) is 2.26. The van der Waals surface area contributed by atoms with E-state index in [0.29, 0.717) is 12.4 Å². The number of hydrogen-bond acceptors (Lipinski definition) is 5. The Kier molecular flexibility index (Phi) is 4.19. The van der Waals surface area contributed by atoms with Gasteiger partial charge in [-0.25, -0.2) is 4.98 Å². The fraction of sp³-hybridized carbons (Fsp3) is 0.500. The topological polar surface area (TPSA) is 94.1 Å². The molecule has 6 nitrogen and oxygen atoms in total. The van der Waals surface area contributed by atoms with Crippen molar-refractivity contribution in [3.05, 3.63) is 27.9 Å². The maximum atomic E-state index is 10.5. The molecule has 0 radical (unpaired) electrons. The van der Waals surface area contributed by atoms with Crippen molar-refractivity contribution in [3.63, 3.8) is 0 Å². The van der Waals surface area contributed by atoms with Crippen LogP contribution in [0.15, 0.2) is 12.3 Å². The standard InChI is InChI=1S/C10H16N4O2/c1-3-8(11)5-12-10-7(2)4-9(6-13-10)14(15)16/h4,6,8H,3,5,11H2,1-2H3,(H,12,13). The number of rotatable bonds is 5. The molecule has 0 aliphatic rings. The minimum Gasteiger partial charge on any atom is -0.368 e. The molecule has 1 rings (SSSR count). The lowest BCUT2D eigenvalue weighted by atomic mass is 10.2. The van der Waals surface area contributed by atoms with Crippen LogP contribution in [0.2, 0.25) is 0 Å². The minimum absolute atomic E-state index is 0.00263. The molecular weight excluding hydrogens is 208 g/mol. The van der Waals surface area contributed by atoms with E-state index in [9.17, 15) is 10.1 Å². The van der Waals surface area contributed by atoms with Gasteiger partial charge in [0.25, 0.3) is 5.69 Å². The van der Waals surface area contributed by atoms with Crippen LogP contribution in [0.5, 0.6) is 0 Å². The normalized spacial score (nSPS) is 12.2. The van der Waals surface area contributed by atoms with E-state index in [1.165, 1.54) is 12.3 Å². The quantitative estimate of drug-likeness (QED) is 0.583. The van der Waals surface area contributed by atoms with Gasteiger partial charge in [0.1, 0.15) is 12.0 Å². The molecule has 0 amide bonds. The first-order valence-electron chi connectivity index (χ1n) is 5.15. The highest BCUT2D eigenvalue weighted by Gasteiger charge is 2.09. The lowest BCUT2D eigenvalue weighted by Gasteiger charge is -2.12. The van der Waals surface area contributed by atoms with E-state index < -0.39 is 4.92 Å². The highest BCUT2D eigenvalue weighted by molar-refractivity contribution is 5.48. The molecule has 3 N–H and O–H groups in total. The van der Waals surface area contributed by atoms with Crippen LogP contribution in [-0.2, 0) is 0 Å². The zero-order chi connectivity index (χ0) is 12.1. The number of nitrogens with zero attached hydrogens (tertiary/aromatic N) is 2. The maximum absolute atomic E-state index is 10.5. The van der Waals surface area contributed by atoms with E-state index in [-0.39, 0.29) is 11.7 Å². The van der Waals surface area contributed by atoms with Crippen LogP contribution in [0.3, 0.4) is 0 Å². The van der Waals surface area contributed by atoms with Crippen molar-refractivity contribution in [2.24, 2.45) is 5.73 Å². The molecular formula is C10H16N4O2. The third kappa shape index (κ3) is 3.16. The lowest BCUT2D eigenvalue weighted by Crippen LogP contribution is -2.28. The first kappa shape index (κ1) is 12.4. The SMILES string of the molecule is CCC(N)CNc1ncc([N+](=O)[O-])cc1C. The number of aryl methyl sites for hydroxylation is 1. The molecule has 1 aromatic heterocycles. The third-order valence-corrected chi connectivity index (χ3v) is 2.33. The summed E-state index contributed by atoms with van der Waals surface area (Å²) in [5.41, 5.74) is 6.50. The number of nitro groups is 1. The van der Waals surface area contributed by atoms with Gasteiger partial charge in [-0.1, -0.05) is 6.92 Å². The zero-order valence-electron chi connectivity index (χ0n) is 9.43. The summed E-state index contributed by atoms with van der Waals surface area (Å²) in [5.74, 6) is 0.648. The van der Waals surface area contributed by atoms with Gasteiger partial charge in [0.2, 0.25) is 0 Å². The summed E-state index contributed by atoms with van der Waals surface area (Å²) in [6, 6.07) is 1.56. The molecule has 16 heavy (non-hydrogen) atoms. The maximum Gasteiger partial charge on any atom is 0.287 e. The van der Waals surface area contributed by atoms with Crippen LogP contribution in [-0.4, -0.2) is 22.5 Å². The summed E-state index contributed by atoms with van der Waals surface area (Å²) >= 11 is 0. The second-order valence-electron chi connectivity index (χ2n) is 3.67. The highest BCUT2D eigenvalue weighted by Crippen LogP contribution is 2.17. The van der Waals surface area contributed by atoms with Gasteiger partial charge in [-0.15, -0.1) is 0 Å². The predicted octanol–water partition coefficient (Wildman–Crippen LogP) is 1.45. The first-order chi connectivity index (χ1) is 7.54. The lowest BCUT2D eigenvalue weighted by molar-refractivity contribution is -0.385. The van der Waals surface area contributed by atoms with Crippen LogP contribution < -0.4 is 11.1 Å². The summed E-state index contributed by atoms with van der Waals surface area (Å²) in [4.78, 5) is 14.0. The number of pyridine rings is 1. The molecule has 1 aromatic rings. The Bertz CT molecular complexity index is 381. The van der Waals surface area contributed by atoms with Gasteiger partial charge in [0, 0.05) is 18.7 Å². The zero-order valence-corrected chi connectivity index (χ0v) is 9.43. The minimum atomic E-state index is -0.457. The smallest absolute Gasteiger partial charge is 0.287 e. The van der Waals surface area contributed by atoms with Crippen LogP contribution in [0.4, 0.5) is 11.5 Å². The van der Waals surface area contributed by atoms with Gasteiger partial charge < -0.3 is 11.1 Å². The summed E-state index contributed by atoms with van der Waals surface area (Å²) < 4.78 is 0. The Morgan fingerprint density at radius 2 is 2.38 bits per heavy atom. The molecule has 0 fully saturated rings. The van der Waals surface area contributed by atoms with Gasteiger partial charge in [-0.2, -0.15) is 0 Å². The van der Waals surface area contributed by atoms with Gasteiger partial charge in [0.05, 0.1) is 4.92 Å². The molecule has 1 atom stereocenters. The predicted molar refractivity (Wildman–Crippen MR) is 62.4 cm³/mol. The van der Waals surface area contributed by atoms with Gasteiger partial charge in [-0.05, 0) is 18.9 Å². The van der Waals surface area contributed by atoms with Crippen molar-refractivity contribution in [1.82, 2.24) is 4.98 Å². The van der Waals surface area contributed by atoms with Crippen LogP contribution in [0.25, 0.3) is 0 Å². The fourth-order valence-electron chi connectivity index (χ4n) is 1.22. The summed E-state index contributed by atoms with van der Waals surface area (Å²) in [6.07, 6.45) is 2.12. The summed E-state index contributed by atoms with van der Waals surface area (Å²) in [7, 11) is 0. The van der Waals surface area contributed by atoms with Gasteiger partial charge in [0.15, 0.2) is 0 Å². The first-order valence-corrected chi connectivity index (χ1v) is 5.15. The fourth-order valence-corrected chi connectivity index (χ4v) is 1.22. The molecule has 1 unspecified atom stereocenters. The number of nitrogens with two attached hydrogens (primary N) is 1. The summed E-state index contributed by atoms with van der Waals surface area (Å²) in [6.45, 7) is 4.39. The number of aromatic nitrogens is 1. The van der Waals surface area contributed by atoms with E-state index in [1.54, 1.807) is 6.92 Å². The van der Waals surface area contributed by atoms with Crippen LogP contribution in [0.1, 0.15) is 18.9 Å². The van der Waals surface area contributed by atoms with Gasteiger partial charge in [-0.3, -0.25) is 10.1 Å². The summed E-state index contributed by atoms with van der Waals surface area (Å²) in [5, 5.41) is 13.6. The molecule has 6 heteroatoms. The Hall–Kier alpha value is -1.69. The number of hydrogen-bond donors (Lipinski definition) is 2. The Morgan fingerprint density at radius 3 is 2.88 bits per heavy atom.